The second-order valence-electron chi connectivity index (χ2n) is 8.40. The molecule has 0 aliphatic rings. The second-order valence-corrected chi connectivity index (χ2v) is 9.72. The summed E-state index contributed by atoms with van der Waals surface area (Å²) in [5.41, 5.74) is 1.89. The average Bonchev–Trinajstić information content (AvgIpc) is 2.79. The van der Waals surface area contributed by atoms with Gasteiger partial charge in [0, 0.05) is 34.1 Å². The fourth-order valence-electron chi connectivity index (χ4n) is 3.72. The van der Waals surface area contributed by atoms with Crippen LogP contribution in [0.3, 0.4) is 0 Å². The molecule has 3 aromatic rings. The van der Waals surface area contributed by atoms with E-state index in [1.165, 1.54) is 17.0 Å². The van der Waals surface area contributed by atoms with E-state index in [1.807, 2.05) is 68.4 Å². The summed E-state index contributed by atoms with van der Waals surface area (Å²) in [7, 11) is 0. The van der Waals surface area contributed by atoms with Gasteiger partial charge < -0.3 is 10.2 Å². The Morgan fingerprint density at radius 1 is 1.00 bits per heavy atom. The van der Waals surface area contributed by atoms with Crippen molar-refractivity contribution in [2.75, 3.05) is 0 Å². The molecule has 2 amide bonds. The molecule has 4 nitrogen and oxygen atoms in total. The Hall–Kier alpha value is -2.70. The standard InChI is InChI=1S/C27H27BrClFN2O2/c1-18(2)31-27(34)25(15-19-8-4-3-5-9-19)32(17-20-10-6-11-21(28)14-20)26(33)16-22-23(29)12-7-13-24(22)30/h3-14,18,25H,15-17H2,1-2H3,(H,31,34)/t25-/m0/s1. The number of hydrogen-bond acceptors (Lipinski definition) is 2. The van der Waals surface area contributed by atoms with E-state index in [2.05, 4.69) is 21.2 Å². The lowest BCUT2D eigenvalue weighted by atomic mass is 10.0. The van der Waals surface area contributed by atoms with Crippen molar-refractivity contribution in [3.05, 3.63) is 105 Å². The SMILES string of the molecule is CC(C)NC(=O)[C@H](Cc1ccccc1)N(Cc1cccc(Br)c1)C(=O)Cc1c(F)cccc1Cl. The molecule has 3 aromatic carbocycles. The highest BCUT2D eigenvalue weighted by atomic mass is 79.9. The van der Waals surface area contributed by atoms with Crippen LogP contribution in [0.25, 0.3) is 0 Å². The smallest absolute Gasteiger partial charge is 0.243 e. The molecule has 34 heavy (non-hydrogen) atoms. The van der Waals surface area contributed by atoms with E-state index in [-0.39, 0.29) is 41.4 Å². The lowest BCUT2D eigenvalue weighted by Gasteiger charge is -2.32. The van der Waals surface area contributed by atoms with E-state index >= 15 is 0 Å². The quantitative estimate of drug-likeness (QED) is 0.361. The van der Waals surface area contributed by atoms with Crippen molar-refractivity contribution in [2.45, 2.75) is 45.3 Å². The minimum atomic E-state index is -0.790. The van der Waals surface area contributed by atoms with E-state index in [0.29, 0.717) is 6.42 Å². The molecular formula is C27H27BrClFN2O2. The van der Waals surface area contributed by atoms with Crippen LogP contribution >= 0.6 is 27.5 Å². The van der Waals surface area contributed by atoms with E-state index in [9.17, 15) is 14.0 Å². The number of halogens is 3. The molecule has 0 saturated heterocycles. The van der Waals surface area contributed by atoms with E-state index in [0.717, 1.165) is 15.6 Å². The van der Waals surface area contributed by atoms with Gasteiger partial charge in [-0.25, -0.2) is 4.39 Å². The molecule has 1 N–H and O–H groups in total. The van der Waals surface area contributed by atoms with Gasteiger partial charge in [0.1, 0.15) is 11.9 Å². The normalized spacial score (nSPS) is 11.8. The average molecular weight is 546 g/mol. The Morgan fingerprint density at radius 2 is 1.68 bits per heavy atom. The molecule has 7 heteroatoms. The summed E-state index contributed by atoms with van der Waals surface area (Å²) in [4.78, 5) is 28.5. The van der Waals surface area contributed by atoms with Gasteiger partial charge >= 0.3 is 0 Å². The zero-order chi connectivity index (χ0) is 24.7. The highest BCUT2D eigenvalue weighted by Gasteiger charge is 2.31. The first-order valence-electron chi connectivity index (χ1n) is 11.1. The van der Waals surface area contributed by atoms with Crippen molar-refractivity contribution in [1.82, 2.24) is 10.2 Å². The third-order valence-electron chi connectivity index (χ3n) is 5.33. The maximum atomic E-state index is 14.5. The van der Waals surface area contributed by atoms with E-state index in [4.69, 9.17) is 11.6 Å². The maximum Gasteiger partial charge on any atom is 0.243 e. The van der Waals surface area contributed by atoms with Crippen LogP contribution in [-0.2, 0) is 29.0 Å². The molecule has 0 saturated carbocycles. The van der Waals surface area contributed by atoms with Crippen LogP contribution in [0.2, 0.25) is 5.02 Å². The molecule has 0 aliphatic heterocycles. The van der Waals surface area contributed by atoms with Gasteiger partial charge in [-0.1, -0.05) is 76.1 Å². The van der Waals surface area contributed by atoms with Gasteiger partial charge in [-0.15, -0.1) is 0 Å². The molecule has 178 valence electrons. The Morgan fingerprint density at radius 3 is 2.32 bits per heavy atom. The van der Waals surface area contributed by atoms with Crippen molar-refractivity contribution < 1.29 is 14.0 Å². The molecular weight excluding hydrogens is 519 g/mol. The number of rotatable bonds is 9. The first-order chi connectivity index (χ1) is 16.2. The predicted molar refractivity (Wildman–Crippen MR) is 137 cm³/mol. The van der Waals surface area contributed by atoms with E-state index < -0.39 is 11.9 Å². The predicted octanol–water partition coefficient (Wildman–Crippen LogP) is 5.95. The maximum absolute atomic E-state index is 14.5. The van der Waals surface area contributed by atoms with Gasteiger partial charge in [-0.2, -0.15) is 0 Å². The minimum absolute atomic E-state index is 0.102. The van der Waals surface area contributed by atoms with Crippen LogP contribution in [0.4, 0.5) is 4.39 Å². The molecule has 0 aromatic heterocycles. The zero-order valence-corrected chi connectivity index (χ0v) is 21.4. The highest BCUT2D eigenvalue weighted by molar-refractivity contribution is 9.10. The number of carbonyl (C=O) groups excluding carboxylic acids is 2. The molecule has 3 rings (SSSR count). The van der Waals surface area contributed by atoms with Gasteiger partial charge in [0.15, 0.2) is 0 Å². The highest BCUT2D eigenvalue weighted by Crippen LogP contribution is 2.23. The molecule has 0 heterocycles. The van der Waals surface area contributed by atoms with Gasteiger partial charge in [0.2, 0.25) is 11.8 Å². The number of benzene rings is 3. The number of nitrogens with one attached hydrogen (secondary N) is 1. The molecule has 1 atom stereocenters. The molecule has 0 aliphatic carbocycles. The number of amides is 2. The van der Waals surface area contributed by atoms with Crippen LogP contribution < -0.4 is 5.32 Å². The van der Waals surface area contributed by atoms with Crippen molar-refractivity contribution in [2.24, 2.45) is 0 Å². The van der Waals surface area contributed by atoms with Crippen molar-refractivity contribution >= 4 is 39.3 Å². The fourth-order valence-corrected chi connectivity index (χ4v) is 4.40. The fraction of sp³-hybridized carbons (Fsp3) is 0.259. The first kappa shape index (κ1) is 25.9. The molecule has 0 unspecified atom stereocenters. The Labute approximate surface area is 213 Å². The summed E-state index contributed by atoms with van der Waals surface area (Å²) < 4.78 is 15.4. The van der Waals surface area contributed by atoms with Gasteiger partial charge in [-0.05, 0) is 49.2 Å². The monoisotopic (exact) mass is 544 g/mol. The van der Waals surface area contributed by atoms with E-state index in [1.54, 1.807) is 6.07 Å². The van der Waals surface area contributed by atoms with Gasteiger partial charge in [0.05, 0.1) is 6.42 Å². The summed E-state index contributed by atoms with van der Waals surface area (Å²) in [6, 6.07) is 20.5. The summed E-state index contributed by atoms with van der Waals surface area (Å²) in [6.07, 6.45) is 0.0733. The van der Waals surface area contributed by atoms with Gasteiger partial charge in [-0.3, -0.25) is 9.59 Å². The number of hydrogen-bond donors (Lipinski definition) is 1. The topological polar surface area (TPSA) is 49.4 Å². The van der Waals surface area contributed by atoms with Crippen LogP contribution in [0.15, 0.2) is 77.3 Å². The molecule has 0 radical (unpaired) electrons. The first-order valence-corrected chi connectivity index (χ1v) is 12.2. The third kappa shape index (κ3) is 7.15. The van der Waals surface area contributed by atoms with Crippen molar-refractivity contribution in [1.29, 1.82) is 0 Å². The third-order valence-corrected chi connectivity index (χ3v) is 6.18. The van der Waals surface area contributed by atoms with Crippen LogP contribution in [-0.4, -0.2) is 28.8 Å². The largest absolute Gasteiger partial charge is 0.352 e. The van der Waals surface area contributed by atoms with Crippen LogP contribution in [0.5, 0.6) is 0 Å². The Kier molecular flexibility index (Phi) is 9.25. The summed E-state index contributed by atoms with van der Waals surface area (Å²) in [6.45, 7) is 3.93. The molecule has 0 spiro atoms. The van der Waals surface area contributed by atoms with Gasteiger partial charge in [0.25, 0.3) is 0 Å². The molecule has 0 fully saturated rings. The number of nitrogens with zero attached hydrogens (tertiary/aromatic N) is 1. The second kappa shape index (κ2) is 12.1. The summed E-state index contributed by atoms with van der Waals surface area (Å²) in [5, 5.41) is 3.12. The Balaban J connectivity index is 2.01. The lowest BCUT2D eigenvalue weighted by Crippen LogP contribution is -2.52. The summed E-state index contributed by atoms with van der Waals surface area (Å²) >= 11 is 9.67. The minimum Gasteiger partial charge on any atom is -0.352 e. The van der Waals surface area contributed by atoms with Crippen LogP contribution in [0, 0.1) is 5.82 Å². The van der Waals surface area contributed by atoms with Crippen LogP contribution in [0.1, 0.15) is 30.5 Å². The summed E-state index contributed by atoms with van der Waals surface area (Å²) in [5.74, 6) is -1.19. The Bertz CT molecular complexity index is 1120. The van der Waals surface area contributed by atoms with Crippen molar-refractivity contribution in [3.8, 4) is 0 Å². The lowest BCUT2D eigenvalue weighted by molar-refractivity contribution is -0.141. The van der Waals surface area contributed by atoms with Crippen molar-refractivity contribution in [3.63, 3.8) is 0 Å². The number of carbonyl (C=O) groups is 2. The zero-order valence-electron chi connectivity index (χ0n) is 19.1. The molecule has 0 bridgehead atoms.